The maximum atomic E-state index is 12.2. The van der Waals surface area contributed by atoms with Crippen molar-refractivity contribution < 1.29 is 17.6 Å². The molecule has 1 heterocycles. The van der Waals surface area contributed by atoms with Gasteiger partial charge in [0.05, 0.1) is 14.9 Å². The Bertz CT molecular complexity index is 1100. The molecule has 0 bridgehead atoms. The van der Waals surface area contributed by atoms with Crippen molar-refractivity contribution in [3.63, 3.8) is 0 Å². The molecule has 0 fully saturated rings. The number of oxazole rings is 1. The Balaban J connectivity index is 1.67. The highest BCUT2D eigenvalue weighted by atomic mass is 35.5. The fourth-order valence-electron chi connectivity index (χ4n) is 2.21. The first kappa shape index (κ1) is 19.4. The van der Waals surface area contributed by atoms with Crippen LogP contribution in [0.4, 0.5) is 0 Å². The minimum absolute atomic E-state index is 0.000319. The second kappa shape index (κ2) is 7.69. The van der Waals surface area contributed by atoms with Crippen molar-refractivity contribution in [2.24, 2.45) is 5.14 Å². The van der Waals surface area contributed by atoms with Crippen LogP contribution in [0.25, 0.3) is 11.5 Å². The van der Waals surface area contributed by atoms with E-state index in [0.29, 0.717) is 21.2 Å². The number of carbonyl (C=O) groups excluding carboxylic acids is 1. The predicted octanol–water partition coefficient (Wildman–Crippen LogP) is 3.23. The zero-order valence-corrected chi connectivity index (χ0v) is 16.0. The molecular formula is C17H13Cl2N3O4S. The van der Waals surface area contributed by atoms with Gasteiger partial charge in [0.1, 0.15) is 6.26 Å². The number of benzene rings is 2. The maximum Gasteiger partial charge on any atom is 0.273 e. The van der Waals surface area contributed by atoms with Crippen molar-refractivity contribution in [1.29, 1.82) is 0 Å². The lowest BCUT2D eigenvalue weighted by molar-refractivity contribution is 0.0946. The lowest BCUT2D eigenvalue weighted by Crippen LogP contribution is -2.23. The van der Waals surface area contributed by atoms with Crippen LogP contribution in [0.5, 0.6) is 0 Å². The normalized spacial score (nSPS) is 11.4. The van der Waals surface area contributed by atoms with Crippen LogP contribution >= 0.6 is 23.2 Å². The summed E-state index contributed by atoms with van der Waals surface area (Å²) in [5, 5.41) is 8.46. The van der Waals surface area contributed by atoms with E-state index < -0.39 is 15.9 Å². The van der Waals surface area contributed by atoms with Crippen LogP contribution in [0.1, 0.15) is 16.1 Å². The Morgan fingerprint density at radius 3 is 2.44 bits per heavy atom. The average Bonchev–Trinajstić information content (AvgIpc) is 3.12. The Labute approximate surface area is 165 Å². The number of rotatable bonds is 5. The highest BCUT2D eigenvalue weighted by molar-refractivity contribution is 7.89. The molecule has 0 aliphatic carbocycles. The molecule has 0 aliphatic rings. The summed E-state index contributed by atoms with van der Waals surface area (Å²) in [6.07, 6.45) is 1.23. The van der Waals surface area contributed by atoms with E-state index >= 15 is 0 Å². The van der Waals surface area contributed by atoms with Gasteiger partial charge >= 0.3 is 0 Å². The number of halogens is 2. The van der Waals surface area contributed by atoms with Gasteiger partial charge in [0.15, 0.2) is 5.69 Å². The van der Waals surface area contributed by atoms with E-state index in [4.69, 9.17) is 32.8 Å². The third kappa shape index (κ3) is 4.67. The smallest absolute Gasteiger partial charge is 0.273 e. The minimum Gasteiger partial charge on any atom is -0.444 e. The number of sulfonamides is 1. The summed E-state index contributed by atoms with van der Waals surface area (Å²) in [6, 6.07) is 10.7. The fourth-order valence-corrected chi connectivity index (χ4v) is 3.02. The highest BCUT2D eigenvalue weighted by Gasteiger charge is 2.14. The van der Waals surface area contributed by atoms with Crippen molar-refractivity contribution in [3.05, 3.63) is 70.0 Å². The third-order valence-corrected chi connectivity index (χ3v) is 5.28. The third-order valence-electron chi connectivity index (χ3n) is 3.61. The van der Waals surface area contributed by atoms with Crippen molar-refractivity contribution in [1.82, 2.24) is 10.3 Å². The highest BCUT2D eigenvalue weighted by Crippen LogP contribution is 2.28. The van der Waals surface area contributed by atoms with E-state index in [2.05, 4.69) is 10.3 Å². The van der Waals surface area contributed by atoms with Gasteiger partial charge < -0.3 is 9.73 Å². The first-order valence-electron chi connectivity index (χ1n) is 7.55. The summed E-state index contributed by atoms with van der Waals surface area (Å²) in [7, 11) is -3.75. The molecule has 0 aliphatic heterocycles. The molecule has 0 saturated heterocycles. The SMILES string of the molecule is NS(=O)(=O)c1ccc(CNC(=O)c2coc(-c3ccc(Cl)c(Cl)c3)n2)cc1. The summed E-state index contributed by atoms with van der Waals surface area (Å²) >= 11 is 11.8. The average molecular weight is 426 g/mol. The molecule has 3 rings (SSSR count). The van der Waals surface area contributed by atoms with Gasteiger partial charge in [-0.25, -0.2) is 18.5 Å². The molecule has 0 radical (unpaired) electrons. The van der Waals surface area contributed by atoms with Gasteiger partial charge in [-0.2, -0.15) is 0 Å². The summed E-state index contributed by atoms with van der Waals surface area (Å²) in [6.45, 7) is 0.179. The molecule has 3 N–H and O–H groups in total. The summed E-state index contributed by atoms with van der Waals surface area (Å²) in [5.41, 5.74) is 1.38. The van der Waals surface area contributed by atoms with E-state index in [1.807, 2.05) is 0 Å². The molecule has 140 valence electrons. The number of carbonyl (C=O) groups is 1. The zero-order valence-electron chi connectivity index (χ0n) is 13.6. The number of aromatic nitrogens is 1. The van der Waals surface area contributed by atoms with Crippen LogP contribution in [0, 0.1) is 0 Å². The number of nitrogens with one attached hydrogen (secondary N) is 1. The van der Waals surface area contributed by atoms with Gasteiger partial charge in [0.2, 0.25) is 15.9 Å². The number of primary sulfonamides is 1. The molecule has 0 unspecified atom stereocenters. The maximum absolute atomic E-state index is 12.2. The van der Waals surface area contributed by atoms with Crippen LogP contribution in [0.2, 0.25) is 10.0 Å². The molecule has 2 aromatic carbocycles. The number of hydrogen-bond acceptors (Lipinski definition) is 5. The van der Waals surface area contributed by atoms with Crippen LogP contribution in [-0.4, -0.2) is 19.3 Å². The van der Waals surface area contributed by atoms with Crippen LogP contribution in [0.3, 0.4) is 0 Å². The van der Waals surface area contributed by atoms with E-state index in [-0.39, 0.29) is 23.0 Å². The minimum atomic E-state index is -3.75. The predicted molar refractivity (Wildman–Crippen MR) is 101 cm³/mol. The second-order valence-electron chi connectivity index (χ2n) is 5.54. The monoisotopic (exact) mass is 425 g/mol. The van der Waals surface area contributed by atoms with E-state index in [0.717, 1.165) is 0 Å². The van der Waals surface area contributed by atoms with Gasteiger partial charge in [-0.05, 0) is 35.9 Å². The standard InChI is InChI=1S/C17H13Cl2N3O4S/c18-13-6-3-11(7-14(13)19)17-22-15(9-26-17)16(23)21-8-10-1-4-12(5-2-10)27(20,24)25/h1-7,9H,8H2,(H,21,23)(H2,20,24,25). The molecular weight excluding hydrogens is 413 g/mol. The molecule has 0 saturated carbocycles. The van der Waals surface area contributed by atoms with Crippen molar-refractivity contribution in [2.75, 3.05) is 0 Å². The van der Waals surface area contributed by atoms with E-state index in [1.54, 1.807) is 30.3 Å². The van der Waals surface area contributed by atoms with Gasteiger partial charge in [-0.1, -0.05) is 35.3 Å². The summed E-state index contributed by atoms with van der Waals surface area (Å²) < 4.78 is 27.8. The Morgan fingerprint density at radius 2 is 1.81 bits per heavy atom. The second-order valence-corrected chi connectivity index (χ2v) is 7.91. The van der Waals surface area contributed by atoms with Crippen LogP contribution in [0.15, 0.2) is 58.0 Å². The van der Waals surface area contributed by atoms with Crippen molar-refractivity contribution in [3.8, 4) is 11.5 Å². The van der Waals surface area contributed by atoms with E-state index in [9.17, 15) is 13.2 Å². The fraction of sp³-hybridized carbons (Fsp3) is 0.0588. The number of nitrogens with two attached hydrogens (primary N) is 1. The molecule has 1 aromatic heterocycles. The Kier molecular flexibility index (Phi) is 5.52. The Morgan fingerprint density at radius 1 is 1.11 bits per heavy atom. The Hall–Kier alpha value is -2.39. The topological polar surface area (TPSA) is 115 Å². The molecule has 27 heavy (non-hydrogen) atoms. The van der Waals surface area contributed by atoms with Gasteiger partial charge in [0.25, 0.3) is 5.91 Å². The number of amides is 1. The molecule has 0 atom stereocenters. The lowest BCUT2D eigenvalue weighted by atomic mass is 10.2. The lowest BCUT2D eigenvalue weighted by Gasteiger charge is -2.04. The van der Waals surface area contributed by atoms with Crippen LogP contribution in [-0.2, 0) is 16.6 Å². The first-order chi connectivity index (χ1) is 12.7. The molecule has 0 spiro atoms. The van der Waals surface area contributed by atoms with Gasteiger partial charge in [0, 0.05) is 12.1 Å². The van der Waals surface area contributed by atoms with Gasteiger partial charge in [-0.3, -0.25) is 4.79 Å². The van der Waals surface area contributed by atoms with Crippen molar-refractivity contribution >= 4 is 39.1 Å². The molecule has 10 heteroatoms. The quantitative estimate of drug-likeness (QED) is 0.650. The molecule has 1 amide bonds. The largest absolute Gasteiger partial charge is 0.444 e. The molecule has 3 aromatic rings. The first-order valence-corrected chi connectivity index (χ1v) is 9.85. The number of nitrogens with zero attached hydrogens (tertiary/aromatic N) is 1. The van der Waals surface area contributed by atoms with E-state index in [1.165, 1.54) is 18.4 Å². The summed E-state index contributed by atoms with van der Waals surface area (Å²) in [5.74, 6) is -0.211. The zero-order chi connectivity index (χ0) is 19.6. The summed E-state index contributed by atoms with van der Waals surface area (Å²) in [4.78, 5) is 16.3. The van der Waals surface area contributed by atoms with Crippen molar-refractivity contribution in [2.45, 2.75) is 11.4 Å². The molecule has 7 nitrogen and oxygen atoms in total. The van der Waals surface area contributed by atoms with Gasteiger partial charge in [-0.15, -0.1) is 0 Å². The number of hydrogen-bond donors (Lipinski definition) is 2. The van der Waals surface area contributed by atoms with Crippen LogP contribution < -0.4 is 10.5 Å².